The molecule has 5 heteroatoms. The molecule has 1 aromatic heterocycles. The van der Waals surface area contributed by atoms with Gasteiger partial charge in [0, 0.05) is 18.9 Å². The quantitative estimate of drug-likeness (QED) is 0.658. The summed E-state index contributed by atoms with van der Waals surface area (Å²) in [6.07, 6.45) is 4.07. The molecule has 0 atom stereocenters. The van der Waals surface area contributed by atoms with E-state index in [1.807, 2.05) is 24.3 Å². The fourth-order valence-electron chi connectivity index (χ4n) is 3.23. The molecule has 2 aromatic rings. The van der Waals surface area contributed by atoms with Crippen LogP contribution in [-0.4, -0.2) is 28.4 Å². The van der Waals surface area contributed by atoms with E-state index >= 15 is 0 Å². The van der Waals surface area contributed by atoms with Crippen molar-refractivity contribution >= 4 is 16.8 Å². The van der Waals surface area contributed by atoms with Gasteiger partial charge >= 0.3 is 0 Å². The van der Waals surface area contributed by atoms with E-state index in [-0.39, 0.29) is 11.7 Å². The van der Waals surface area contributed by atoms with Gasteiger partial charge in [-0.2, -0.15) is 5.26 Å². The molecule has 1 saturated heterocycles. The van der Waals surface area contributed by atoms with Crippen LogP contribution in [0.4, 0.5) is 0 Å². The third-order valence-corrected chi connectivity index (χ3v) is 4.51. The number of Topliss-reactive ketones (excluding diaryl/α,β-unsaturated/α-hetero) is 1. The number of benzene rings is 1. The van der Waals surface area contributed by atoms with Gasteiger partial charge in [-0.05, 0) is 50.9 Å². The molecule has 0 saturated carbocycles. The summed E-state index contributed by atoms with van der Waals surface area (Å²) in [6, 6.07) is 10.1. The molecule has 1 aliphatic rings. The molecule has 120 valence electrons. The van der Waals surface area contributed by atoms with Crippen molar-refractivity contribution in [1.82, 2.24) is 14.9 Å². The van der Waals surface area contributed by atoms with Gasteiger partial charge < -0.3 is 9.88 Å². The summed E-state index contributed by atoms with van der Waals surface area (Å²) >= 11 is 0. The van der Waals surface area contributed by atoms with Crippen molar-refractivity contribution in [2.75, 3.05) is 13.1 Å². The number of carbonyl (C=O) groups is 1. The highest BCUT2D eigenvalue weighted by molar-refractivity contribution is 5.98. The molecule has 1 fully saturated rings. The highest BCUT2D eigenvalue weighted by atomic mass is 16.1. The van der Waals surface area contributed by atoms with E-state index in [9.17, 15) is 4.79 Å². The number of nitrogens with one attached hydrogen (secondary N) is 1. The van der Waals surface area contributed by atoms with E-state index in [0.29, 0.717) is 12.2 Å². The number of piperidine rings is 1. The molecular formula is C18H22N4O. The molecular weight excluding hydrogens is 288 g/mol. The smallest absolute Gasteiger partial charge is 0.201 e. The first-order valence-electron chi connectivity index (χ1n) is 8.38. The zero-order chi connectivity index (χ0) is 16.1. The summed E-state index contributed by atoms with van der Waals surface area (Å²) < 4.78 is 2.05. The Labute approximate surface area is 136 Å². The van der Waals surface area contributed by atoms with Gasteiger partial charge in [0.1, 0.15) is 0 Å². The maximum absolute atomic E-state index is 12.9. The Morgan fingerprint density at radius 1 is 1.30 bits per heavy atom. The third-order valence-electron chi connectivity index (χ3n) is 4.51. The number of aromatic nitrogens is 2. The van der Waals surface area contributed by atoms with Crippen LogP contribution in [0.5, 0.6) is 0 Å². The van der Waals surface area contributed by atoms with Gasteiger partial charge in [0.05, 0.1) is 17.1 Å². The van der Waals surface area contributed by atoms with E-state index in [4.69, 9.17) is 5.26 Å². The molecule has 1 aromatic carbocycles. The second-order valence-electron chi connectivity index (χ2n) is 6.08. The predicted molar refractivity (Wildman–Crippen MR) is 89.1 cm³/mol. The number of unbranched alkanes of at least 4 members (excludes halogenated alkanes) is 2. The lowest BCUT2D eigenvalue weighted by atomic mass is 9.93. The molecule has 0 radical (unpaired) electrons. The Morgan fingerprint density at radius 2 is 2.09 bits per heavy atom. The lowest BCUT2D eigenvalue weighted by molar-refractivity contribution is 0.0880. The summed E-state index contributed by atoms with van der Waals surface area (Å²) in [7, 11) is 0. The number of hydrogen-bond donors (Lipinski definition) is 1. The summed E-state index contributed by atoms with van der Waals surface area (Å²) in [5.41, 5.74) is 1.90. The zero-order valence-electron chi connectivity index (χ0n) is 13.3. The Kier molecular flexibility index (Phi) is 5.04. The number of nitriles is 1. The molecule has 23 heavy (non-hydrogen) atoms. The van der Waals surface area contributed by atoms with E-state index in [1.54, 1.807) is 0 Å². The summed E-state index contributed by atoms with van der Waals surface area (Å²) in [5, 5.41) is 12.0. The average molecular weight is 310 g/mol. The normalized spacial score (nSPS) is 15.6. The highest BCUT2D eigenvalue weighted by Crippen LogP contribution is 2.23. The molecule has 0 bridgehead atoms. The summed E-state index contributed by atoms with van der Waals surface area (Å²) in [5.74, 6) is 0.837. The molecule has 1 aliphatic heterocycles. The number of aryl methyl sites for hydroxylation is 1. The summed E-state index contributed by atoms with van der Waals surface area (Å²) in [6.45, 7) is 2.55. The maximum atomic E-state index is 12.9. The van der Waals surface area contributed by atoms with E-state index in [0.717, 1.165) is 56.4 Å². The van der Waals surface area contributed by atoms with Crippen LogP contribution < -0.4 is 5.32 Å². The van der Waals surface area contributed by atoms with Gasteiger partial charge in [0.25, 0.3) is 0 Å². The molecule has 0 amide bonds. The second-order valence-corrected chi connectivity index (χ2v) is 6.08. The predicted octanol–water partition coefficient (Wildman–Crippen LogP) is 2.91. The van der Waals surface area contributed by atoms with Crippen molar-refractivity contribution in [3.05, 3.63) is 30.1 Å². The third kappa shape index (κ3) is 3.43. The molecule has 0 aliphatic carbocycles. The maximum Gasteiger partial charge on any atom is 0.201 e. The number of rotatable bonds is 6. The number of hydrogen-bond acceptors (Lipinski definition) is 4. The van der Waals surface area contributed by atoms with Crippen LogP contribution in [0.2, 0.25) is 0 Å². The first-order chi connectivity index (χ1) is 11.3. The Balaban J connectivity index is 1.88. The van der Waals surface area contributed by atoms with Crippen molar-refractivity contribution in [3.63, 3.8) is 0 Å². The van der Waals surface area contributed by atoms with Crippen molar-refractivity contribution in [3.8, 4) is 6.07 Å². The van der Waals surface area contributed by atoms with Crippen molar-refractivity contribution in [2.24, 2.45) is 5.92 Å². The SMILES string of the molecule is N#CCCCCn1c(C(=O)C2CCNCC2)nc2ccccc21. The minimum absolute atomic E-state index is 0.0749. The Morgan fingerprint density at radius 3 is 2.87 bits per heavy atom. The number of nitrogens with zero attached hydrogens (tertiary/aromatic N) is 3. The second kappa shape index (κ2) is 7.38. The molecule has 1 N–H and O–H groups in total. The van der Waals surface area contributed by atoms with Crippen LogP contribution in [0.15, 0.2) is 24.3 Å². The van der Waals surface area contributed by atoms with E-state index in [1.165, 1.54) is 0 Å². The fourth-order valence-corrected chi connectivity index (χ4v) is 3.23. The molecule has 0 unspecified atom stereocenters. The van der Waals surface area contributed by atoms with Crippen LogP contribution in [0.25, 0.3) is 11.0 Å². The van der Waals surface area contributed by atoms with Gasteiger partial charge in [-0.1, -0.05) is 12.1 Å². The molecule has 0 spiro atoms. The lowest BCUT2D eigenvalue weighted by Crippen LogP contribution is -2.33. The molecule has 3 rings (SSSR count). The zero-order valence-corrected chi connectivity index (χ0v) is 13.3. The minimum Gasteiger partial charge on any atom is -0.321 e. The topological polar surface area (TPSA) is 70.7 Å². The van der Waals surface area contributed by atoms with Crippen molar-refractivity contribution in [2.45, 2.75) is 38.6 Å². The molecule has 2 heterocycles. The monoisotopic (exact) mass is 310 g/mol. The Bertz CT molecular complexity index is 722. The van der Waals surface area contributed by atoms with Crippen LogP contribution >= 0.6 is 0 Å². The Hall–Kier alpha value is -2.19. The summed E-state index contributed by atoms with van der Waals surface area (Å²) in [4.78, 5) is 17.5. The number of ketones is 1. The minimum atomic E-state index is 0.0749. The van der Waals surface area contributed by atoms with E-state index < -0.39 is 0 Å². The van der Waals surface area contributed by atoms with Crippen molar-refractivity contribution in [1.29, 1.82) is 5.26 Å². The van der Waals surface area contributed by atoms with Gasteiger partial charge in [-0.15, -0.1) is 0 Å². The van der Waals surface area contributed by atoms with Crippen LogP contribution in [0.1, 0.15) is 42.7 Å². The number of fused-ring (bicyclic) bond motifs is 1. The van der Waals surface area contributed by atoms with Gasteiger partial charge in [0.15, 0.2) is 5.82 Å². The fraction of sp³-hybridized carbons (Fsp3) is 0.500. The standard InChI is InChI=1S/C18H22N4O/c19-10-4-1-5-13-22-16-7-3-2-6-15(16)21-18(22)17(23)14-8-11-20-12-9-14/h2-3,6-7,14,20H,1,4-5,8-9,11-13H2. The number of imidazole rings is 1. The lowest BCUT2D eigenvalue weighted by Gasteiger charge is -2.21. The van der Waals surface area contributed by atoms with Crippen LogP contribution in [-0.2, 0) is 6.54 Å². The van der Waals surface area contributed by atoms with Gasteiger partial charge in [0.2, 0.25) is 5.78 Å². The van der Waals surface area contributed by atoms with E-state index in [2.05, 4.69) is 20.9 Å². The first kappa shape index (κ1) is 15.7. The molecule has 5 nitrogen and oxygen atoms in total. The van der Waals surface area contributed by atoms with Gasteiger partial charge in [-0.3, -0.25) is 4.79 Å². The first-order valence-corrected chi connectivity index (χ1v) is 8.38. The number of para-hydroxylation sites is 2. The average Bonchev–Trinajstić information content (AvgIpc) is 2.97. The van der Waals surface area contributed by atoms with Crippen LogP contribution in [0.3, 0.4) is 0 Å². The largest absolute Gasteiger partial charge is 0.321 e. The van der Waals surface area contributed by atoms with Gasteiger partial charge in [-0.25, -0.2) is 4.98 Å². The number of carbonyl (C=O) groups excluding carboxylic acids is 1. The highest BCUT2D eigenvalue weighted by Gasteiger charge is 2.26. The van der Waals surface area contributed by atoms with Crippen LogP contribution in [0, 0.1) is 17.2 Å². The van der Waals surface area contributed by atoms with Crippen molar-refractivity contribution < 1.29 is 4.79 Å².